The zero-order chi connectivity index (χ0) is 12.1. The van der Waals surface area contributed by atoms with E-state index in [0.717, 1.165) is 25.7 Å². The topological polar surface area (TPSA) is 21.3 Å². The minimum Gasteiger partial charge on any atom is -0.381 e. The Bertz CT molecular complexity index is 126. The summed E-state index contributed by atoms with van der Waals surface area (Å²) in [5.74, 6) is 0.815. The van der Waals surface area contributed by atoms with Crippen molar-refractivity contribution in [2.45, 2.75) is 59.3 Å². The second-order valence-electron chi connectivity index (χ2n) is 4.92. The Morgan fingerprint density at radius 1 is 0.938 bits per heavy atom. The number of nitrogens with one attached hydrogen (secondary N) is 1. The van der Waals surface area contributed by atoms with Crippen molar-refractivity contribution in [2.24, 2.45) is 5.92 Å². The van der Waals surface area contributed by atoms with Gasteiger partial charge in [0.2, 0.25) is 0 Å². The molecule has 2 heteroatoms. The Morgan fingerprint density at radius 3 is 2.31 bits per heavy atom. The molecule has 0 aromatic carbocycles. The second kappa shape index (κ2) is 13.0. The van der Waals surface area contributed by atoms with Gasteiger partial charge in [0.05, 0.1) is 0 Å². The van der Waals surface area contributed by atoms with Gasteiger partial charge in [-0.05, 0) is 44.7 Å². The lowest BCUT2D eigenvalue weighted by molar-refractivity contribution is 0.124. The zero-order valence-corrected chi connectivity index (χ0v) is 11.6. The summed E-state index contributed by atoms with van der Waals surface area (Å²) in [6.45, 7) is 10.9. The predicted molar refractivity (Wildman–Crippen MR) is 71.9 cm³/mol. The monoisotopic (exact) mass is 229 g/mol. The van der Waals surface area contributed by atoms with Crippen LogP contribution >= 0.6 is 0 Å². The summed E-state index contributed by atoms with van der Waals surface area (Å²) in [7, 11) is 0. The highest BCUT2D eigenvalue weighted by Crippen LogP contribution is 2.04. The normalized spacial score (nSPS) is 11.2. The van der Waals surface area contributed by atoms with Crippen molar-refractivity contribution in [1.82, 2.24) is 5.32 Å². The Hall–Kier alpha value is -0.0800. The Labute approximate surface area is 102 Å². The lowest BCUT2D eigenvalue weighted by atomic mass is 10.1. The van der Waals surface area contributed by atoms with Gasteiger partial charge in [-0.15, -0.1) is 0 Å². The van der Waals surface area contributed by atoms with Crippen LogP contribution in [0.5, 0.6) is 0 Å². The fraction of sp³-hybridized carbons (Fsp3) is 1.00. The molecule has 0 heterocycles. The van der Waals surface area contributed by atoms with Crippen molar-refractivity contribution in [3.05, 3.63) is 0 Å². The molecule has 0 atom stereocenters. The van der Waals surface area contributed by atoms with Gasteiger partial charge < -0.3 is 10.1 Å². The fourth-order valence-electron chi connectivity index (χ4n) is 1.68. The number of rotatable bonds is 12. The van der Waals surface area contributed by atoms with E-state index >= 15 is 0 Å². The molecule has 98 valence electrons. The summed E-state index contributed by atoms with van der Waals surface area (Å²) in [6.07, 6.45) is 7.70. The predicted octanol–water partition coefficient (Wildman–Crippen LogP) is 3.61. The molecule has 0 amide bonds. The third-order valence-corrected chi connectivity index (χ3v) is 2.71. The van der Waals surface area contributed by atoms with Crippen LogP contribution in [0.3, 0.4) is 0 Å². The lowest BCUT2D eigenvalue weighted by Gasteiger charge is -2.06. The van der Waals surface area contributed by atoms with Gasteiger partial charge in [0, 0.05) is 13.2 Å². The van der Waals surface area contributed by atoms with Crippen LogP contribution in [0.15, 0.2) is 0 Å². The SMILES string of the molecule is CCNCCCCCCOCCCC(C)C. The number of hydrogen-bond acceptors (Lipinski definition) is 2. The molecule has 0 fully saturated rings. The molecule has 1 N–H and O–H groups in total. The molecular formula is C14H31NO. The van der Waals surface area contributed by atoms with Crippen molar-refractivity contribution in [3.63, 3.8) is 0 Å². The smallest absolute Gasteiger partial charge is 0.0466 e. The molecule has 0 aliphatic heterocycles. The number of hydrogen-bond donors (Lipinski definition) is 1. The van der Waals surface area contributed by atoms with E-state index in [2.05, 4.69) is 26.1 Å². The summed E-state index contributed by atoms with van der Waals surface area (Å²) in [4.78, 5) is 0. The molecule has 0 aromatic rings. The summed E-state index contributed by atoms with van der Waals surface area (Å²) in [5, 5.41) is 3.35. The van der Waals surface area contributed by atoms with Gasteiger partial charge in [-0.25, -0.2) is 0 Å². The van der Waals surface area contributed by atoms with E-state index in [1.54, 1.807) is 0 Å². The molecule has 0 aromatic heterocycles. The highest BCUT2D eigenvalue weighted by molar-refractivity contribution is 4.48. The van der Waals surface area contributed by atoms with Gasteiger partial charge in [0.25, 0.3) is 0 Å². The van der Waals surface area contributed by atoms with Crippen LogP contribution in [0.2, 0.25) is 0 Å². The Morgan fingerprint density at radius 2 is 1.62 bits per heavy atom. The Kier molecular flexibility index (Phi) is 12.9. The first-order chi connectivity index (χ1) is 7.77. The van der Waals surface area contributed by atoms with E-state index < -0.39 is 0 Å². The molecule has 0 aliphatic carbocycles. The van der Waals surface area contributed by atoms with Crippen molar-refractivity contribution < 1.29 is 4.74 Å². The summed E-state index contributed by atoms with van der Waals surface area (Å²) in [6, 6.07) is 0. The highest BCUT2D eigenvalue weighted by atomic mass is 16.5. The second-order valence-corrected chi connectivity index (χ2v) is 4.92. The van der Waals surface area contributed by atoms with Gasteiger partial charge in [0.15, 0.2) is 0 Å². The van der Waals surface area contributed by atoms with E-state index in [1.165, 1.54) is 45.1 Å². The van der Waals surface area contributed by atoms with Gasteiger partial charge in [-0.2, -0.15) is 0 Å². The van der Waals surface area contributed by atoms with Gasteiger partial charge in [0.1, 0.15) is 0 Å². The molecule has 0 aliphatic rings. The number of unbranched alkanes of at least 4 members (excludes halogenated alkanes) is 3. The lowest BCUT2D eigenvalue weighted by Crippen LogP contribution is -2.13. The minimum absolute atomic E-state index is 0.815. The first-order valence-corrected chi connectivity index (χ1v) is 7.05. The van der Waals surface area contributed by atoms with Gasteiger partial charge in [-0.1, -0.05) is 33.6 Å². The molecule has 0 rings (SSSR count). The van der Waals surface area contributed by atoms with Gasteiger partial charge in [-0.3, -0.25) is 0 Å². The van der Waals surface area contributed by atoms with Crippen molar-refractivity contribution in [2.75, 3.05) is 26.3 Å². The average molecular weight is 229 g/mol. The molecular weight excluding hydrogens is 198 g/mol. The maximum Gasteiger partial charge on any atom is 0.0466 e. The molecule has 0 bridgehead atoms. The third kappa shape index (κ3) is 13.9. The van der Waals surface area contributed by atoms with E-state index in [-0.39, 0.29) is 0 Å². The van der Waals surface area contributed by atoms with Crippen LogP contribution in [0.1, 0.15) is 59.3 Å². The molecule has 0 saturated heterocycles. The van der Waals surface area contributed by atoms with Crippen molar-refractivity contribution >= 4 is 0 Å². The molecule has 2 nitrogen and oxygen atoms in total. The van der Waals surface area contributed by atoms with Crippen LogP contribution < -0.4 is 5.32 Å². The van der Waals surface area contributed by atoms with Crippen LogP contribution in [0.25, 0.3) is 0 Å². The van der Waals surface area contributed by atoms with Crippen molar-refractivity contribution in [1.29, 1.82) is 0 Å². The van der Waals surface area contributed by atoms with Crippen LogP contribution in [-0.2, 0) is 4.74 Å². The summed E-state index contributed by atoms with van der Waals surface area (Å²) in [5.41, 5.74) is 0. The average Bonchev–Trinajstić information content (AvgIpc) is 2.25. The first kappa shape index (κ1) is 15.9. The minimum atomic E-state index is 0.815. The van der Waals surface area contributed by atoms with E-state index in [0.29, 0.717) is 0 Å². The van der Waals surface area contributed by atoms with E-state index in [4.69, 9.17) is 4.74 Å². The van der Waals surface area contributed by atoms with Crippen LogP contribution in [0.4, 0.5) is 0 Å². The molecule has 0 unspecified atom stereocenters. The highest BCUT2D eigenvalue weighted by Gasteiger charge is 1.94. The van der Waals surface area contributed by atoms with Crippen LogP contribution in [-0.4, -0.2) is 26.3 Å². The van der Waals surface area contributed by atoms with E-state index in [9.17, 15) is 0 Å². The molecule has 0 spiro atoms. The standard InChI is InChI=1S/C14H31NO/c1-4-15-11-7-5-6-8-12-16-13-9-10-14(2)3/h14-15H,4-13H2,1-3H3. The van der Waals surface area contributed by atoms with Gasteiger partial charge >= 0.3 is 0 Å². The summed E-state index contributed by atoms with van der Waals surface area (Å²) < 4.78 is 5.60. The first-order valence-electron chi connectivity index (χ1n) is 7.05. The fourth-order valence-corrected chi connectivity index (χ4v) is 1.68. The molecule has 0 saturated carbocycles. The Balaban J connectivity index is 2.88. The number of ether oxygens (including phenoxy) is 1. The van der Waals surface area contributed by atoms with Crippen LogP contribution in [0, 0.1) is 5.92 Å². The van der Waals surface area contributed by atoms with Crippen molar-refractivity contribution in [3.8, 4) is 0 Å². The quantitative estimate of drug-likeness (QED) is 0.516. The maximum absolute atomic E-state index is 5.60. The zero-order valence-electron chi connectivity index (χ0n) is 11.6. The molecule has 16 heavy (non-hydrogen) atoms. The summed E-state index contributed by atoms with van der Waals surface area (Å²) >= 11 is 0. The van der Waals surface area contributed by atoms with E-state index in [1.807, 2.05) is 0 Å². The maximum atomic E-state index is 5.60. The third-order valence-electron chi connectivity index (χ3n) is 2.71. The molecule has 0 radical (unpaired) electrons. The largest absolute Gasteiger partial charge is 0.381 e.